The Morgan fingerprint density at radius 3 is 2.73 bits per heavy atom. The van der Waals surface area contributed by atoms with E-state index in [1.54, 1.807) is 26.2 Å². The number of carbonyl (C=O) groups excluding carboxylic acids is 1. The molecule has 0 saturated heterocycles. The number of aromatic nitrogens is 1. The summed E-state index contributed by atoms with van der Waals surface area (Å²) >= 11 is 1.26. The number of hydrogen-bond acceptors (Lipinski definition) is 5. The summed E-state index contributed by atoms with van der Waals surface area (Å²) in [5.74, 6) is -0.472. The first-order valence-corrected chi connectivity index (χ1v) is 7.61. The molecule has 0 unspecified atom stereocenters. The van der Waals surface area contributed by atoms with Gasteiger partial charge in [0.2, 0.25) is 0 Å². The molecular formula is C15H18FN3O2S. The van der Waals surface area contributed by atoms with Crippen LogP contribution in [-0.2, 0) is 4.74 Å². The highest BCUT2D eigenvalue weighted by Crippen LogP contribution is 2.25. The highest BCUT2D eigenvalue weighted by atomic mass is 32.1. The number of benzene rings is 1. The molecule has 0 bridgehead atoms. The summed E-state index contributed by atoms with van der Waals surface area (Å²) in [6.07, 6.45) is 0. The van der Waals surface area contributed by atoms with Crippen LogP contribution in [0.1, 0.15) is 22.3 Å². The third-order valence-corrected chi connectivity index (χ3v) is 3.96. The van der Waals surface area contributed by atoms with Crippen LogP contribution in [0.4, 0.5) is 15.2 Å². The van der Waals surface area contributed by atoms with Crippen molar-refractivity contribution in [2.75, 3.05) is 19.0 Å². The molecule has 1 aromatic carbocycles. The predicted molar refractivity (Wildman–Crippen MR) is 85.3 cm³/mol. The molecule has 0 saturated carbocycles. The van der Waals surface area contributed by atoms with Gasteiger partial charge in [0.1, 0.15) is 10.7 Å². The fourth-order valence-corrected chi connectivity index (χ4v) is 2.79. The number of nitrogens with one attached hydrogen (secondary N) is 2. The molecule has 1 aromatic heterocycles. The van der Waals surface area contributed by atoms with Gasteiger partial charge in [0.05, 0.1) is 12.3 Å². The van der Waals surface area contributed by atoms with Crippen molar-refractivity contribution in [2.24, 2.45) is 0 Å². The Hall–Kier alpha value is -1.99. The van der Waals surface area contributed by atoms with E-state index < -0.39 is 0 Å². The molecular weight excluding hydrogens is 305 g/mol. The third kappa shape index (κ3) is 4.25. The fraction of sp³-hybridized carbons (Fsp3) is 0.333. The summed E-state index contributed by atoms with van der Waals surface area (Å²) in [5, 5.41) is 6.50. The van der Waals surface area contributed by atoms with Gasteiger partial charge < -0.3 is 15.4 Å². The van der Waals surface area contributed by atoms with E-state index in [4.69, 9.17) is 4.74 Å². The van der Waals surface area contributed by atoms with Crippen molar-refractivity contribution in [3.05, 3.63) is 40.7 Å². The van der Waals surface area contributed by atoms with Gasteiger partial charge in [-0.25, -0.2) is 9.37 Å². The molecule has 1 amide bonds. The topological polar surface area (TPSA) is 63.2 Å². The average molecular weight is 323 g/mol. The van der Waals surface area contributed by atoms with E-state index in [1.165, 1.54) is 23.5 Å². The van der Waals surface area contributed by atoms with Crippen LogP contribution in [0, 0.1) is 12.7 Å². The number of halogens is 1. The summed E-state index contributed by atoms with van der Waals surface area (Å²) in [5.41, 5.74) is 1.37. The quantitative estimate of drug-likeness (QED) is 0.857. The number of anilines is 2. The molecule has 0 fully saturated rings. The summed E-state index contributed by atoms with van der Waals surface area (Å²) in [6, 6.07) is 5.89. The average Bonchev–Trinajstić information content (AvgIpc) is 2.82. The Bertz CT molecular complexity index is 643. The minimum absolute atomic E-state index is 0.0764. The maximum Gasteiger partial charge on any atom is 0.263 e. The first kappa shape index (κ1) is 16.4. The number of methoxy groups -OCH3 is 1. The van der Waals surface area contributed by atoms with Crippen molar-refractivity contribution < 1.29 is 13.9 Å². The van der Waals surface area contributed by atoms with Crippen molar-refractivity contribution in [3.63, 3.8) is 0 Å². The van der Waals surface area contributed by atoms with Gasteiger partial charge in [0, 0.05) is 18.8 Å². The molecule has 1 atom stereocenters. The van der Waals surface area contributed by atoms with E-state index in [2.05, 4.69) is 15.6 Å². The first-order chi connectivity index (χ1) is 10.5. The number of hydrogen-bond donors (Lipinski definition) is 2. The number of carbonyl (C=O) groups is 1. The Morgan fingerprint density at radius 1 is 1.41 bits per heavy atom. The Kier molecular flexibility index (Phi) is 5.46. The molecule has 0 spiro atoms. The Labute approximate surface area is 132 Å². The molecule has 22 heavy (non-hydrogen) atoms. The lowest BCUT2D eigenvalue weighted by molar-refractivity contribution is 0.0909. The minimum Gasteiger partial charge on any atom is -0.383 e. The highest BCUT2D eigenvalue weighted by Gasteiger charge is 2.17. The minimum atomic E-state index is -0.298. The SMILES string of the molecule is COC[C@@H](C)NC(=O)c1sc(Nc2ccc(F)cc2)nc1C. The Balaban J connectivity index is 2.07. The van der Waals surface area contributed by atoms with Crippen molar-refractivity contribution in [1.29, 1.82) is 0 Å². The van der Waals surface area contributed by atoms with Crippen LogP contribution in [0.3, 0.4) is 0 Å². The van der Waals surface area contributed by atoms with Crippen LogP contribution >= 0.6 is 11.3 Å². The molecule has 0 aliphatic heterocycles. The second kappa shape index (κ2) is 7.33. The van der Waals surface area contributed by atoms with Gasteiger partial charge in [0.15, 0.2) is 5.13 Å². The molecule has 2 N–H and O–H groups in total. The maximum absolute atomic E-state index is 12.9. The lowest BCUT2D eigenvalue weighted by Crippen LogP contribution is -2.35. The van der Waals surface area contributed by atoms with E-state index in [-0.39, 0.29) is 17.8 Å². The van der Waals surface area contributed by atoms with E-state index >= 15 is 0 Å². The number of nitrogens with zero attached hydrogens (tertiary/aromatic N) is 1. The van der Waals surface area contributed by atoms with Crippen LogP contribution < -0.4 is 10.6 Å². The third-order valence-electron chi connectivity index (χ3n) is 2.89. The molecule has 2 aromatic rings. The molecule has 0 radical (unpaired) electrons. The molecule has 7 heteroatoms. The Morgan fingerprint density at radius 2 is 2.09 bits per heavy atom. The standard InChI is InChI=1S/C15H18FN3O2S/c1-9(8-21-3)17-14(20)13-10(2)18-15(22-13)19-12-6-4-11(16)5-7-12/h4-7,9H,8H2,1-3H3,(H,17,20)(H,18,19)/t9-/m1/s1. The molecule has 1 heterocycles. The van der Waals surface area contributed by atoms with E-state index in [9.17, 15) is 9.18 Å². The van der Waals surface area contributed by atoms with E-state index in [0.29, 0.717) is 22.3 Å². The van der Waals surface area contributed by atoms with Gasteiger partial charge in [-0.3, -0.25) is 4.79 Å². The smallest absolute Gasteiger partial charge is 0.263 e. The van der Waals surface area contributed by atoms with Crippen molar-refractivity contribution in [3.8, 4) is 0 Å². The van der Waals surface area contributed by atoms with Crippen LogP contribution in [0.2, 0.25) is 0 Å². The van der Waals surface area contributed by atoms with Gasteiger partial charge in [-0.1, -0.05) is 11.3 Å². The van der Waals surface area contributed by atoms with Gasteiger partial charge >= 0.3 is 0 Å². The maximum atomic E-state index is 12.9. The number of amides is 1. The van der Waals surface area contributed by atoms with Gasteiger partial charge in [-0.05, 0) is 38.1 Å². The second-order valence-electron chi connectivity index (χ2n) is 4.90. The number of ether oxygens (including phenoxy) is 1. The largest absolute Gasteiger partial charge is 0.383 e. The number of rotatable bonds is 6. The number of thiazole rings is 1. The lowest BCUT2D eigenvalue weighted by atomic mass is 10.3. The van der Waals surface area contributed by atoms with Gasteiger partial charge in [0.25, 0.3) is 5.91 Å². The monoisotopic (exact) mass is 323 g/mol. The fourth-order valence-electron chi connectivity index (χ4n) is 1.90. The summed E-state index contributed by atoms with van der Waals surface area (Å²) in [4.78, 5) is 17.1. The number of aryl methyl sites for hydroxylation is 1. The zero-order valence-electron chi connectivity index (χ0n) is 12.6. The van der Waals surface area contributed by atoms with Crippen molar-refractivity contribution in [1.82, 2.24) is 10.3 Å². The normalized spacial score (nSPS) is 12.0. The van der Waals surface area contributed by atoms with Gasteiger partial charge in [-0.15, -0.1) is 0 Å². The molecule has 5 nitrogen and oxygen atoms in total. The molecule has 2 rings (SSSR count). The second-order valence-corrected chi connectivity index (χ2v) is 5.89. The molecule has 0 aliphatic carbocycles. The molecule has 118 valence electrons. The van der Waals surface area contributed by atoms with E-state index in [0.717, 1.165) is 5.69 Å². The van der Waals surface area contributed by atoms with Gasteiger partial charge in [-0.2, -0.15) is 0 Å². The lowest BCUT2D eigenvalue weighted by Gasteiger charge is -2.11. The first-order valence-electron chi connectivity index (χ1n) is 6.79. The predicted octanol–water partition coefficient (Wildman–Crippen LogP) is 3.10. The summed E-state index contributed by atoms with van der Waals surface area (Å²) in [7, 11) is 1.59. The van der Waals surface area contributed by atoms with Crippen molar-refractivity contribution >= 4 is 28.1 Å². The zero-order valence-corrected chi connectivity index (χ0v) is 13.5. The van der Waals surface area contributed by atoms with Crippen LogP contribution in [0.15, 0.2) is 24.3 Å². The summed E-state index contributed by atoms with van der Waals surface area (Å²) < 4.78 is 17.9. The summed E-state index contributed by atoms with van der Waals surface area (Å²) in [6.45, 7) is 4.10. The van der Waals surface area contributed by atoms with Crippen LogP contribution in [0.5, 0.6) is 0 Å². The van der Waals surface area contributed by atoms with E-state index in [1.807, 2.05) is 6.92 Å². The zero-order chi connectivity index (χ0) is 16.1. The highest BCUT2D eigenvalue weighted by molar-refractivity contribution is 7.17. The van der Waals surface area contributed by atoms with Crippen LogP contribution in [-0.4, -0.2) is 30.6 Å². The molecule has 0 aliphatic rings. The van der Waals surface area contributed by atoms with Crippen LogP contribution in [0.25, 0.3) is 0 Å². The van der Waals surface area contributed by atoms with Crippen molar-refractivity contribution in [2.45, 2.75) is 19.9 Å².